The molecule has 0 radical (unpaired) electrons. The van der Waals surface area contributed by atoms with Crippen molar-refractivity contribution in [1.29, 1.82) is 5.26 Å². The zero-order chi connectivity index (χ0) is 10.6. The third kappa shape index (κ3) is 2.06. The Morgan fingerprint density at radius 3 is 2.86 bits per heavy atom. The molecule has 1 rings (SSSR count). The van der Waals surface area contributed by atoms with Crippen LogP contribution in [0.25, 0.3) is 0 Å². The van der Waals surface area contributed by atoms with Crippen LogP contribution in [-0.4, -0.2) is 11.1 Å². The summed E-state index contributed by atoms with van der Waals surface area (Å²) in [6.45, 7) is 2.05. The molecule has 0 amide bonds. The smallest absolute Gasteiger partial charge is 0.304 e. The molecule has 1 N–H and O–H groups in total. The number of carbonyl (C=O) groups is 1. The molecule has 3 heteroatoms. The summed E-state index contributed by atoms with van der Waals surface area (Å²) in [6.07, 6.45) is 4.84. The average Bonchev–Trinajstić information content (AvgIpc) is 2.17. The van der Waals surface area contributed by atoms with Crippen molar-refractivity contribution >= 4 is 5.97 Å². The van der Waals surface area contributed by atoms with Crippen LogP contribution in [0.5, 0.6) is 0 Å². The van der Waals surface area contributed by atoms with Gasteiger partial charge in [0, 0.05) is 0 Å². The van der Waals surface area contributed by atoms with E-state index in [2.05, 4.69) is 6.07 Å². The molecule has 14 heavy (non-hydrogen) atoms. The predicted octanol–water partition coefficient (Wildman–Crippen LogP) is 2.57. The van der Waals surface area contributed by atoms with E-state index in [1.807, 2.05) is 6.92 Å². The van der Waals surface area contributed by atoms with Crippen molar-refractivity contribution in [2.75, 3.05) is 0 Å². The van der Waals surface area contributed by atoms with Crippen LogP contribution < -0.4 is 0 Å². The number of carboxylic acid groups (broad SMARTS) is 1. The molecule has 2 unspecified atom stereocenters. The maximum atomic E-state index is 10.7. The molecule has 3 nitrogen and oxygen atoms in total. The van der Waals surface area contributed by atoms with Gasteiger partial charge in [-0.2, -0.15) is 5.26 Å². The van der Waals surface area contributed by atoms with Crippen LogP contribution in [0.4, 0.5) is 0 Å². The summed E-state index contributed by atoms with van der Waals surface area (Å²) in [6, 6.07) is 2.27. The maximum absolute atomic E-state index is 10.7. The summed E-state index contributed by atoms with van der Waals surface area (Å²) < 4.78 is 0. The van der Waals surface area contributed by atoms with E-state index >= 15 is 0 Å². The normalized spacial score (nSPS) is 32.1. The van der Waals surface area contributed by atoms with Crippen molar-refractivity contribution in [3.63, 3.8) is 0 Å². The highest BCUT2D eigenvalue weighted by Gasteiger charge is 2.41. The topological polar surface area (TPSA) is 61.1 Å². The molecule has 0 aromatic heterocycles. The van der Waals surface area contributed by atoms with E-state index in [4.69, 9.17) is 5.11 Å². The first kappa shape index (κ1) is 11.0. The lowest BCUT2D eigenvalue weighted by Gasteiger charge is -2.37. The molecule has 0 aromatic carbocycles. The molecule has 2 atom stereocenters. The minimum atomic E-state index is -0.841. The fourth-order valence-electron chi connectivity index (χ4n) is 2.60. The van der Waals surface area contributed by atoms with E-state index in [1.165, 1.54) is 0 Å². The molecule has 0 bridgehead atoms. The summed E-state index contributed by atoms with van der Waals surface area (Å²) in [4.78, 5) is 10.7. The second kappa shape index (κ2) is 4.45. The van der Waals surface area contributed by atoms with Gasteiger partial charge in [-0.1, -0.05) is 26.2 Å². The minimum absolute atomic E-state index is 0.0159. The highest BCUT2D eigenvalue weighted by atomic mass is 16.4. The first-order chi connectivity index (χ1) is 6.64. The molecule has 1 fully saturated rings. The molecular weight excluding hydrogens is 178 g/mol. The Hall–Kier alpha value is -1.04. The fourth-order valence-corrected chi connectivity index (χ4v) is 2.60. The zero-order valence-corrected chi connectivity index (χ0v) is 8.62. The van der Waals surface area contributed by atoms with Gasteiger partial charge in [0.15, 0.2) is 0 Å². The van der Waals surface area contributed by atoms with Crippen molar-refractivity contribution in [3.8, 4) is 6.07 Å². The van der Waals surface area contributed by atoms with E-state index in [0.717, 1.165) is 32.1 Å². The number of hydrogen-bond acceptors (Lipinski definition) is 2. The standard InChI is InChI=1S/C11H17NO2/c1-2-9-5-3-4-6-11(9,8-12)7-10(13)14/h9H,2-7H2,1H3,(H,13,14). The van der Waals surface area contributed by atoms with Crippen LogP contribution in [0.1, 0.15) is 45.4 Å². The van der Waals surface area contributed by atoms with Crippen LogP contribution >= 0.6 is 0 Å². The summed E-state index contributed by atoms with van der Waals surface area (Å²) in [5, 5.41) is 18.0. The predicted molar refractivity (Wildman–Crippen MR) is 52.5 cm³/mol. The van der Waals surface area contributed by atoms with E-state index in [9.17, 15) is 10.1 Å². The van der Waals surface area contributed by atoms with Crippen LogP contribution in [0.2, 0.25) is 0 Å². The Labute approximate surface area is 84.7 Å². The van der Waals surface area contributed by atoms with Gasteiger partial charge in [-0.05, 0) is 18.8 Å². The molecule has 0 heterocycles. The van der Waals surface area contributed by atoms with Crippen LogP contribution in [0.15, 0.2) is 0 Å². The van der Waals surface area contributed by atoms with Gasteiger partial charge in [0.05, 0.1) is 17.9 Å². The first-order valence-electron chi connectivity index (χ1n) is 5.27. The van der Waals surface area contributed by atoms with Crippen LogP contribution in [0, 0.1) is 22.7 Å². The summed E-state index contributed by atoms with van der Waals surface area (Å²) >= 11 is 0. The second-order valence-corrected chi connectivity index (χ2v) is 4.19. The lowest BCUT2D eigenvalue weighted by Crippen LogP contribution is -2.34. The lowest BCUT2D eigenvalue weighted by atomic mass is 9.64. The highest BCUT2D eigenvalue weighted by molar-refractivity contribution is 5.68. The lowest BCUT2D eigenvalue weighted by molar-refractivity contribution is -0.140. The Morgan fingerprint density at radius 1 is 1.64 bits per heavy atom. The van der Waals surface area contributed by atoms with Gasteiger partial charge in [-0.25, -0.2) is 0 Å². The Kier molecular flexibility index (Phi) is 3.51. The summed E-state index contributed by atoms with van der Waals surface area (Å²) in [7, 11) is 0. The third-order valence-electron chi connectivity index (χ3n) is 3.39. The van der Waals surface area contributed by atoms with Gasteiger partial charge >= 0.3 is 5.97 Å². The Balaban J connectivity index is 2.82. The van der Waals surface area contributed by atoms with Gasteiger partial charge in [-0.15, -0.1) is 0 Å². The van der Waals surface area contributed by atoms with Crippen LogP contribution in [0.3, 0.4) is 0 Å². The minimum Gasteiger partial charge on any atom is -0.481 e. The van der Waals surface area contributed by atoms with Crippen molar-refractivity contribution in [2.45, 2.75) is 45.4 Å². The van der Waals surface area contributed by atoms with Gasteiger partial charge in [0.1, 0.15) is 0 Å². The number of aliphatic carboxylic acids is 1. The molecule has 0 aliphatic heterocycles. The monoisotopic (exact) mass is 195 g/mol. The van der Waals surface area contributed by atoms with Crippen molar-refractivity contribution in [3.05, 3.63) is 0 Å². The van der Waals surface area contributed by atoms with Gasteiger partial charge in [0.25, 0.3) is 0 Å². The number of nitrogens with zero attached hydrogens (tertiary/aromatic N) is 1. The fraction of sp³-hybridized carbons (Fsp3) is 0.818. The summed E-state index contributed by atoms with van der Waals surface area (Å²) in [5.74, 6) is -0.566. The molecule has 0 spiro atoms. The number of nitriles is 1. The van der Waals surface area contributed by atoms with Gasteiger partial charge in [-0.3, -0.25) is 4.79 Å². The van der Waals surface area contributed by atoms with E-state index in [1.54, 1.807) is 0 Å². The SMILES string of the molecule is CCC1CCCCC1(C#N)CC(=O)O. The van der Waals surface area contributed by atoms with Gasteiger partial charge < -0.3 is 5.11 Å². The van der Waals surface area contributed by atoms with Crippen LogP contribution in [-0.2, 0) is 4.79 Å². The van der Waals surface area contributed by atoms with E-state index < -0.39 is 11.4 Å². The molecular formula is C11H17NO2. The largest absolute Gasteiger partial charge is 0.481 e. The first-order valence-corrected chi connectivity index (χ1v) is 5.27. The molecule has 1 saturated carbocycles. The maximum Gasteiger partial charge on any atom is 0.304 e. The molecule has 0 aromatic rings. The van der Waals surface area contributed by atoms with Crippen molar-refractivity contribution < 1.29 is 9.90 Å². The molecule has 0 saturated heterocycles. The van der Waals surface area contributed by atoms with Crippen molar-refractivity contribution in [1.82, 2.24) is 0 Å². The Bertz CT molecular complexity index is 257. The molecule has 1 aliphatic carbocycles. The average molecular weight is 195 g/mol. The van der Waals surface area contributed by atoms with E-state index in [-0.39, 0.29) is 12.3 Å². The third-order valence-corrected chi connectivity index (χ3v) is 3.39. The molecule has 78 valence electrons. The zero-order valence-electron chi connectivity index (χ0n) is 8.62. The number of carboxylic acids is 1. The van der Waals surface area contributed by atoms with E-state index in [0.29, 0.717) is 0 Å². The van der Waals surface area contributed by atoms with Crippen molar-refractivity contribution in [2.24, 2.45) is 11.3 Å². The number of rotatable bonds is 3. The molecule has 1 aliphatic rings. The quantitative estimate of drug-likeness (QED) is 0.752. The van der Waals surface area contributed by atoms with Gasteiger partial charge in [0.2, 0.25) is 0 Å². The Morgan fingerprint density at radius 2 is 2.36 bits per heavy atom. The highest BCUT2D eigenvalue weighted by Crippen LogP contribution is 2.45. The number of hydrogen-bond donors (Lipinski definition) is 1. The second-order valence-electron chi connectivity index (χ2n) is 4.19. The summed E-state index contributed by atoms with van der Waals surface area (Å²) in [5.41, 5.74) is -0.584.